The summed E-state index contributed by atoms with van der Waals surface area (Å²) in [5, 5.41) is 2.75. The smallest absolute Gasteiger partial charge is 0.464 e. The number of carbonyl (C=O) groups is 3. The summed E-state index contributed by atoms with van der Waals surface area (Å²) in [4.78, 5) is 42.3. The molecular formula is C18H16F3N3O5S. The van der Waals surface area contributed by atoms with Crippen molar-refractivity contribution >= 4 is 39.9 Å². The Balaban J connectivity index is 1.69. The van der Waals surface area contributed by atoms with Crippen molar-refractivity contribution in [2.24, 2.45) is 5.92 Å². The second-order valence-corrected chi connectivity index (χ2v) is 7.56. The number of methoxy groups -OCH3 is 1. The first kappa shape index (κ1) is 21.6. The van der Waals surface area contributed by atoms with Crippen LogP contribution in [0.4, 0.5) is 24.0 Å². The number of hydrogen-bond donors (Lipinski definition) is 1. The number of benzene rings is 1. The van der Waals surface area contributed by atoms with E-state index >= 15 is 0 Å². The minimum Gasteiger partial charge on any atom is -0.464 e. The molecule has 160 valence electrons. The first-order valence-electron chi connectivity index (χ1n) is 8.60. The van der Waals surface area contributed by atoms with E-state index in [0.717, 1.165) is 23.5 Å². The molecule has 0 saturated carbocycles. The van der Waals surface area contributed by atoms with Gasteiger partial charge in [-0.05, 0) is 19.1 Å². The Morgan fingerprint density at radius 2 is 2.07 bits per heavy atom. The monoisotopic (exact) mass is 443 g/mol. The molecule has 2 amide bonds. The molecule has 8 nitrogen and oxygen atoms in total. The van der Waals surface area contributed by atoms with Crippen LogP contribution in [0.5, 0.6) is 5.75 Å². The van der Waals surface area contributed by atoms with E-state index in [4.69, 9.17) is 0 Å². The Morgan fingerprint density at radius 1 is 1.33 bits per heavy atom. The van der Waals surface area contributed by atoms with Crippen molar-refractivity contribution in [3.05, 3.63) is 34.8 Å². The lowest BCUT2D eigenvalue weighted by atomic mass is 10.1. The first-order chi connectivity index (χ1) is 14.1. The lowest BCUT2D eigenvalue weighted by molar-refractivity contribution is -0.274. The Morgan fingerprint density at radius 3 is 2.73 bits per heavy atom. The van der Waals surface area contributed by atoms with Gasteiger partial charge in [-0.15, -0.1) is 24.5 Å². The molecule has 0 bridgehead atoms. The molecule has 1 aliphatic heterocycles. The molecule has 1 N–H and O–H groups in total. The van der Waals surface area contributed by atoms with Gasteiger partial charge in [-0.25, -0.2) is 9.78 Å². The Bertz CT molecular complexity index is 992. The van der Waals surface area contributed by atoms with Gasteiger partial charge in [0.2, 0.25) is 11.8 Å². The topological polar surface area (TPSA) is 97.8 Å². The van der Waals surface area contributed by atoms with Crippen LogP contribution < -0.4 is 15.0 Å². The van der Waals surface area contributed by atoms with Crippen molar-refractivity contribution in [1.29, 1.82) is 0 Å². The first-order valence-corrected chi connectivity index (χ1v) is 9.42. The molecule has 2 heterocycles. The van der Waals surface area contributed by atoms with Crippen LogP contribution in [0.1, 0.15) is 21.8 Å². The number of ether oxygens (including phenoxy) is 2. The van der Waals surface area contributed by atoms with Crippen molar-refractivity contribution in [3.8, 4) is 5.75 Å². The van der Waals surface area contributed by atoms with Gasteiger partial charge in [0.25, 0.3) is 0 Å². The van der Waals surface area contributed by atoms with E-state index in [9.17, 15) is 27.6 Å². The molecule has 3 rings (SSSR count). The molecule has 1 aromatic carbocycles. The minimum atomic E-state index is -4.86. The molecule has 12 heteroatoms. The Hall–Kier alpha value is -3.15. The molecule has 1 fully saturated rings. The van der Waals surface area contributed by atoms with E-state index in [2.05, 4.69) is 19.8 Å². The summed E-state index contributed by atoms with van der Waals surface area (Å²) in [5.74, 6) is -2.74. The van der Waals surface area contributed by atoms with E-state index < -0.39 is 35.8 Å². The van der Waals surface area contributed by atoms with E-state index in [1.807, 2.05) is 0 Å². The second kappa shape index (κ2) is 8.30. The summed E-state index contributed by atoms with van der Waals surface area (Å²) in [6.45, 7) is 1.63. The van der Waals surface area contributed by atoms with Crippen LogP contribution in [0.25, 0.3) is 0 Å². The molecule has 0 radical (unpaired) electrons. The van der Waals surface area contributed by atoms with Gasteiger partial charge < -0.3 is 19.7 Å². The second-order valence-electron chi connectivity index (χ2n) is 6.36. The van der Waals surface area contributed by atoms with Crippen LogP contribution in [0.3, 0.4) is 0 Å². The van der Waals surface area contributed by atoms with Crippen LogP contribution >= 0.6 is 11.3 Å². The third-order valence-electron chi connectivity index (χ3n) is 4.26. The van der Waals surface area contributed by atoms with Gasteiger partial charge in [0.05, 0.1) is 13.0 Å². The molecule has 1 aliphatic rings. The largest absolute Gasteiger partial charge is 0.573 e. The van der Waals surface area contributed by atoms with Gasteiger partial charge >= 0.3 is 12.3 Å². The summed E-state index contributed by atoms with van der Waals surface area (Å²) in [7, 11) is 1.22. The number of halogens is 3. The highest BCUT2D eigenvalue weighted by Gasteiger charge is 2.36. The molecule has 0 unspecified atom stereocenters. The summed E-state index contributed by atoms with van der Waals surface area (Å²) >= 11 is 1.08. The lowest BCUT2D eigenvalue weighted by Crippen LogP contribution is -2.28. The van der Waals surface area contributed by atoms with Gasteiger partial charge in [0.1, 0.15) is 5.75 Å². The van der Waals surface area contributed by atoms with Crippen LogP contribution in [-0.2, 0) is 14.3 Å². The third kappa shape index (κ3) is 4.87. The van der Waals surface area contributed by atoms with Crippen molar-refractivity contribution in [1.82, 2.24) is 4.98 Å². The minimum absolute atomic E-state index is 0.0195. The molecule has 30 heavy (non-hydrogen) atoms. The lowest BCUT2D eigenvalue weighted by Gasteiger charge is -2.18. The quantitative estimate of drug-likeness (QED) is 0.713. The molecule has 1 atom stereocenters. The number of hydrogen-bond acceptors (Lipinski definition) is 7. The zero-order chi connectivity index (χ0) is 22.1. The standard InChI is InChI=1S/C18H16F3N3O5S/c1-9-14(16(27)28-2)22-17(30-9)23-15(26)10-6-13(25)24(8-10)11-4-3-5-12(7-11)29-18(19,20)21/h3-5,7,10H,6,8H2,1-2H3,(H,22,23,26)/t10-/m1/s1. The zero-order valence-electron chi connectivity index (χ0n) is 15.8. The number of amides is 2. The number of carbonyl (C=O) groups excluding carboxylic acids is 3. The number of alkyl halides is 3. The van der Waals surface area contributed by atoms with Gasteiger partial charge in [-0.2, -0.15) is 0 Å². The van der Waals surface area contributed by atoms with Gasteiger partial charge in [-0.3, -0.25) is 9.59 Å². The highest BCUT2D eigenvalue weighted by molar-refractivity contribution is 7.16. The fraction of sp³-hybridized carbons (Fsp3) is 0.333. The number of aromatic nitrogens is 1. The van der Waals surface area contributed by atoms with E-state index in [0.29, 0.717) is 4.88 Å². The molecule has 2 aromatic rings. The highest BCUT2D eigenvalue weighted by atomic mass is 32.1. The third-order valence-corrected chi connectivity index (χ3v) is 5.15. The van der Waals surface area contributed by atoms with Crippen LogP contribution in [0, 0.1) is 12.8 Å². The number of nitrogens with zero attached hydrogens (tertiary/aromatic N) is 2. The van der Waals surface area contributed by atoms with Gasteiger partial charge in [0.15, 0.2) is 10.8 Å². The van der Waals surface area contributed by atoms with Crippen molar-refractivity contribution in [2.75, 3.05) is 23.9 Å². The van der Waals surface area contributed by atoms with Crippen molar-refractivity contribution in [2.45, 2.75) is 19.7 Å². The maximum Gasteiger partial charge on any atom is 0.573 e. The summed E-state index contributed by atoms with van der Waals surface area (Å²) in [6, 6.07) is 4.97. The number of rotatable bonds is 5. The predicted molar refractivity (Wildman–Crippen MR) is 100 cm³/mol. The average Bonchev–Trinajstić information content (AvgIpc) is 3.22. The number of thiazole rings is 1. The molecular weight excluding hydrogens is 427 g/mol. The maximum atomic E-state index is 12.5. The SMILES string of the molecule is COC(=O)c1nc(NC(=O)[C@@H]2CC(=O)N(c3cccc(OC(F)(F)F)c3)C2)sc1C. The normalized spacial score (nSPS) is 16.5. The predicted octanol–water partition coefficient (Wildman–Crippen LogP) is 3.13. The number of esters is 1. The highest BCUT2D eigenvalue weighted by Crippen LogP contribution is 2.31. The average molecular weight is 443 g/mol. The fourth-order valence-corrected chi connectivity index (χ4v) is 3.73. The number of aryl methyl sites for hydroxylation is 1. The Kier molecular flexibility index (Phi) is 5.97. The van der Waals surface area contributed by atoms with Crippen LogP contribution in [-0.4, -0.2) is 42.8 Å². The molecule has 1 saturated heterocycles. The molecule has 0 aliphatic carbocycles. The Labute approximate surface area is 172 Å². The van der Waals surface area contributed by atoms with E-state index in [-0.39, 0.29) is 29.5 Å². The summed E-state index contributed by atoms with van der Waals surface area (Å²) < 4.78 is 45.7. The van der Waals surface area contributed by atoms with Crippen LogP contribution in [0.2, 0.25) is 0 Å². The number of anilines is 2. The van der Waals surface area contributed by atoms with Gasteiger partial charge in [0, 0.05) is 29.6 Å². The molecule has 0 spiro atoms. The zero-order valence-corrected chi connectivity index (χ0v) is 16.6. The van der Waals surface area contributed by atoms with E-state index in [1.54, 1.807) is 6.92 Å². The van der Waals surface area contributed by atoms with Crippen molar-refractivity contribution < 1.29 is 37.0 Å². The summed E-state index contributed by atoms with van der Waals surface area (Å²) in [6.07, 6.45) is -4.98. The number of nitrogens with one attached hydrogen (secondary N) is 1. The molecule has 1 aromatic heterocycles. The maximum absolute atomic E-state index is 12.5. The van der Waals surface area contributed by atoms with Gasteiger partial charge in [-0.1, -0.05) is 6.07 Å². The van der Waals surface area contributed by atoms with E-state index in [1.165, 1.54) is 24.1 Å². The summed E-state index contributed by atoms with van der Waals surface area (Å²) in [5.41, 5.74) is 0.276. The fourth-order valence-electron chi connectivity index (χ4n) is 2.92. The van der Waals surface area contributed by atoms with Crippen LogP contribution in [0.15, 0.2) is 24.3 Å². The van der Waals surface area contributed by atoms with Crippen molar-refractivity contribution in [3.63, 3.8) is 0 Å².